The van der Waals surface area contributed by atoms with Crippen LogP contribution in [0.1, 0.15) is 81.8 Å². The Morgan fingerprint density at radius 2 is 1.85 bits per heavy atom. The van der Waals surface area contributed by atoms with Gasteiger partial charge in [0.05, 0.1) is 5.60 Å². The highest BCUT2D eigenvalue weighted by molar-refractivity contribution is 5.27. The van der Waals surface area contributed by atoms with Gasteiger partial charge in [0, 0.05) is 7.11 Å². The zero-order valence-corrected chi connectivity index (χ0v) is 16.3. The van der Waals surface area contributed by atoms with Crippen molar-refractivity contribution in [2.45, 2.75) is 82.7 Å². The Morgan fingerprint density at radius 3 is 2.42 bits per heavy atom. The number of unbranched alkanes of at least 4 members (excludes halogenated alkanes) is 4. The maximum absolute atomic E-state index is 13.4. The molecule has 0 N–H and O–H groups in total. The standard InChI is InChI=1S/C23H32FNO/c1-3-4-5-6-7-8-19-9-11-20(12-10-19)21-13-15-23(26-2,16-14-21)17-22(24)18-25/h9-12,17,21H,3-8,13-16H2,1-2H3. The van der Waals surface area contributed by atoms with Gasteiger partial charge in [-0.05, 0) is 61.6 Å². The van der Waals surface area contributed by atoms with E-state index in [1.807, 2.05) is 0 Å². The first kappa shape index (κ1) is 20.6. The first-order valence-corrected chi connectivity index (χ1v) is 10.0. The summed E-state index contributed by atoms with van der Waals surface area (Å²) in [4.78, 5) is 0. The number of allylic oxidation sites excluding steroid dienone is 1. The molecule has 0 unspecified atom stereocenters. The number of methoxy groups -OCH3 is 1. The highest BCUT2D eigenvalue weighted by atomic mass is 19.1. The summed E-state index contributed by atoms with van der Waals surface area (Å²) in [5.41, 5.74) is 2.18. The van der Waals surface area contributed by atoms with E-state index in [1.54, 1.807) is 13.2 Å². The van der Waals surface area contributed by atoms with Crippen molar-refractivity contribution >= 4 is 0 Å². The third-order valence-corrected chi connectivity index (χ3v) is 5.76. The normalized spacial score (nSPS) is 23.6. The van der Waals surface area contributed by atoms with Gasteiger partial charge in [-0.1, -0.05) is 56.9 Å². The lowest BCUT2D eigenvalue weighted by molar-refractivity contribution is -0.00344. The van der Waals surface area contributed by atoms with E-state index in [1.165, 1.54) is 55.7 Å². The van der Waals surface area contributed by atoms with E-state index in [9.17, 15) is 4.39 Å². The highest BCUT2D eigenvalue weighted by Crippen LogP contribution is 2.41. The molecule has 2 rings (SSSR count). The summed E-state index contributed by atoms with van der Waals surface area (Å²) < 4.78 is 19.0. The molecule has 1 aromatic carbocycles. The molecule has 1 fully saturated rings. The van der Waals surface area contributed by atoms with E-state index in [0.717, 1.165) is 25.7 Å². The Balaban J connectivity index is 1.86. The van der Waals surface area contributed by atoms with Crippen molar-refractivity contribution in [1.82, 2.24) is 0 Å². The number of hydrogen-bond donors (Lipinski definition) is 0. The van der Waals surface area contributed by atoms with Crippen LogP contribution in [0.5, 0.6) is 0 Å². The molecule has 3 heteroatoms. The molecule has 0 aliphatic heterocycles. The van der Waals surface area contributed by atoms with Crippen LogP contribution in [-0.4, -0.2) is 12.7 Å². The second-order valence-corrected chi connectivity index (χ2v) is 7.55. The van der Waals surface area contributed by atoms with Crippen molar-refractivity contribution in [3.05, 3.63) is 47.3 Å². The van der Waals surface area contributed by atoms with Crippen molar-refractivity contribution in [3.8, 4) is 6.07 Å². The van der Waals surface area contributed by atoms with E-state index >= 15 is 0 Å². The number of nitrogens with zero attached hydrogens (tertiary/aromatic N) is 1. The van der Waals surface area contributed by atoms with Crippen LogP contribution in [-0.2, 0) is 11.2 Å². The summed E-state index contributed by atoms with van der Waals surface area (Å²) in [7, 11) is 1.61. The molecule has 0 heterocycles. The van der Waals surface area contributed by atoms with Gasteiger partial charge in [0.1, 0.15) is 6.07 Å². The summed E-state index contributed by atoms with van der Waals surface area (Å²) in [5.74, 6) is -0.246. The van der Waals surface area contributed by atoms with Crippen LogP contribution in [0.3, 0.4) is 0 Å². The highest BCUT2D eigenvalue weighted by Gasteiger charge is 2.34. The van der Waals surface area contributed by atoms with Gasteiger partial charge >= 0.3 is 0 Å². The summed E-state index contributed by atoms with van der Waals surface area (Å²) >= 11 is 0. The number of aryl methyl sites for hydroxylation is 1. The predicted molar refractivity (Wildman–Crippen MR) is 105 cm³/mol. The smallest absolute Gasteiger partial charge is 0.198 e. The van der Waals surface area contributed by atoms with Gasteiger partial charge in [0.15, 0.2) is 5.83 Å². The maximum Gasteiger partial charge on any atom is 0.198 e. The Bertz CT molecular complexity index is 606. The minimum Gasteiger partial charge on any atom is -0.374 e. The summed E-state index contributed by atoms with van der Waals surface area (Å²) in [6, 6.07) is 10.6. The lowest BCUT2D eigenvalue weighted by Crippen LogP contribution is -2.34. The van der Waals surface area contributed by atoms with Crippen LogP contribution in [0.25, 0.3) is 0 Å². The van der Waals surface area contributed by atoms with Crippen molar-refractivity contribution in [2.24, 2.45) is 0 Å². The van der Waals surface area contributed by atoms with Crippen LogP contribution in [0.4, 0.5) is 4.39 Å². The average Bonchev–Trinajstić information content (AvgIpc) is 2.69. The van der Waals surface area contributed by atoms with Crippen LogP contribution in [0, 0.1) is 11.3 Å². The molecule has 0 radical (unpaired) electrons. The molecule has 0 bridgehead atoms. The molecule has 2 nitrogen and oxygen atoms in total. The summed E-state index contributed by atoms with van der Waals surface area (Å²) in [5, 5.41) is 8.69. The molecule has 0 saturated heterocycles. The average molecular weight is 358 g/mol. The van der Waals surface area contributed by atoms with Crippen molar-refractivity contribution in [3.63, 3.8) is 0 Å². The largest absolute Gasteiger partial charge is 0.374 e. The minimum atomic E-state index is -0.742. The van der Waals surface area contributed by atoms with Gasteiger partial charge in [-0.25, -0.2) is 0 Å². The Hall–Kier alpha value is -1.66. The molecule has 1 aromatic rings. The molecule has 0 spiro atoms. The van der Waals surface area contributed by atoms with Gasteiger partial charge < -0.3 is 4.74 Å². The van der Waals surface area contributed by atoms with Gasteiger partial charge in [-0.15, -0.1) is 0 Å². The van der Waals surface area contributed by atoms with Crippen LogP contribution in [0.2, 0.25) is 0 Å². The molecule has 1 saturated carbocycles. The lowest BCUT2D eigenvalue weighted by Gasteiger charge is -2.37. The van der Waals surface area contributed by atoms with Crippen LogP contribution >= 0.6 is 0 Å². The number of nitriles is 1. The molecule has 0 aromatic heterocycles. The van der Waals surface area contributed by atoms with Gasteiger partial charge in [-0.2, -0.15) is 9.65 Å². The molecule has 142 valence electrons. The lowest BCUT2D eigenvalue weighted by atomic mass is 9.75. The van der Waals surface area contributed by atoms with Gasteiger partial charge in [0.25, 0.3) is 0 Å². The molecule has 1 aliphatic rings. The summed E-state index contributed by atoms with van der Waals surface area (Å²) in [6.45, 7) is 2.25. The number of rotatable bonds is 9. The second kappa shape index (κ2) is 10.5. The predicted octanol–water partition coefficient (Wildman–Crippen LogP) is 6.62. The first-order chi connectivity index (χ1) is 12.6. The Kier molecular flexibility index (Phi) is 8.32. The van der Waals surface area contributed by atoms with Crippen LogP contribution < -0.4 is 0 Å². The molecule has 26 heavy (non-hydrogen) atoms. The third kappa shape index (κ3) is 5.95. The zero-order valence-electron chi connectivity index (χ0n) is 16.3. The van der Waals surface area contributed by atoms with E-state index in [-0.39, 0.29) is 0 Å². The molecular weight excluding hydrogens is 325 g/mol. The molecule has 1 aliphatic carbocycles. The first-order valence-electron chi connectivity index (χ1n) is 10.0. The second-order valence-electron chi connectivity index (χ2n) is 7.55. The quantitative estimate of drug-likeness (QED) is 0.367. The van der Waals surface area contributed by atoms with Gasteiger partial charge in [-0.3, -0.25) is 0 Å². The summed E-state index contributed by atoms with van der Waals surface area (Å²) in [6.07, 6.45) is 12.5. The zero-order chi connectivity index (χ0) is 18.8. The van der Waals surface area contributed by atoms with Gasteiger partial charge in [0.2, 0.25) is 0 Å². The van der Waals surface area contributed by atoms with Crippen molar-refractivity contribution in [2.75, 3.05) is 7.11 Å². The Morgan fingerprint density at radius 1 is 1.19 bits per heavy atom. The fourth-order valence-electron chi connectivity index (χ4n) is 4.00. The van der Waals surface area contributed by atoms with Crippen molar-refractivity contribution in [1.29, 1.82) is 5.26 Å². The SMILES string of the molecule is CCCCCCCc1ccc(C2CCC(C=C(F)C#N)(OC)CC2)cc1. The van der Waals surface area contributed by atoms with Crippen LogP contribution in [0.15, 0.2) is 36.2 Å². The molecule has 0 atom stereocenters. The fraction of sp³-hybridized carbons (Fsp3) is 0.609. The van der Waals surface area contributed by atoms with E-state index in [4.69, 9.17) is 10.00 Å². The molecule has 0 amide bonds. The third-order valence-electron chi connectivity index (χ3n) is 5.76. The number of ether oxygens (including phenoxy) is 1. The van der Waals surface area contributed by atoms with E-state index < -0.39 is 11.4 Å². The minimum absolute atomic E-state index is 0.496. The van der Waals surface area contributed by atoms with E-state index in [0.29, 0.717) is 5.92 Å². The monoisotopic (exact) mass is 357 g/mol. The fourth-order valence-corrected chi connectivity index (χ4v) is 4.00. The number of halogens is 1. The van der Waals surface area contributed by atoms with E-state index in [2.05, 4.69) is 31.2 Å². The van der Waals surface area contributed by atoms with Crippen molar-refractivity contribution < 1.29 is 9.13 Å². The number of benzene rings is 1. The maximum atomic E-state index is 13.4. The molecular formula is C23H32FNO. The topological polar surface area (TPSA) is 33.0 Å². The Labute approximate surface area is 158 Å². The number of hydrogen-bond acceptors (Lipinski definition) is 2.